The fraction of sp³-hybridized carbons (Fsp3) is 0.0526. The highest BCUT2D eigenvalue weighted by molar-refractivity contribution is 6.31. The van der Waals surface area contributed by atoms with Crippen LogP contribution in [0.25, 0.3) is 21.9 Å². The Kier molecular flexibility index (Phi) is 3.79. The molecule has 0 bridgehead atoms. The second kappa shape index (κ2) is 6.14. The van der Waals surface area contributed by atoms with Gasteiger partial charge in [-0.2, -0.15) is 5.26 Å². The van der Waals surface area contributed by atoms with E-state index in [1.165, 1.54) is 0 Å². The van der Waals surface area contributed by atoms with Crippen molar-refractivity contribution in [2.24, 2.45) is 5.73 Å². The molecule has 0 aliphatic carbocycles. The number of fused-ring (bicyclic) bond motifs is 2. The predicted molar refractivity (Wildman–Crippen MR) is 98.8 cm³/mol. The van der Waals surface area contributed by atoms with Crippen LogP contribution in [0.15, 0.2) is 48.9 Å². The molecule has 3 aromatic heterocycles. The quantitative estimate of drug-likeness (QED) is 0.605. The first-order valence-corrected chi connectivity index (χ1v) is 8.16. The zero-order chi connectivity index (χ0) is 18.3. The first-order valence-electron chi connectivity index (χ1n) is 7.79. The number of aromatic nitrogens is 3. The summed E-state index contributed by atoms with van der Waals surface area (Å²) in [4.78, 5) is 20.4. The van der Waals surface area contributed by atoms with Crippen LogP contribution in [-0.2, 0) is 6.54 Å². The number of primary amides is 1. The average Bonchev–Trinajstić information content (AvgIpc) is 3.00. The Morgan fingerprint density at radius 2 is 2.12 bits per heavy atom. The van der Waals surface area contributed by atoms with Gasteiger partial charge < -0.3 is 10.3 Å². The molecule has 4 aromatic rings. The molecule has 2 N–H and O–H groups in total. The molecule has 0 saturated carbocycles. The maximum atomic E-state index is 11.8. The van der Waals surface area contributed by atoms with Crippen LogP contribution >= 0.6 is 11.6 Å². The van der Waals surface area contributed by atoms with E-state index in [4.69, 9.17) is 17.3 Å². The van der Waals surface area contributed by atoms with Crippen molar-refractivity contribution in [3.05, 3.63) is 70.6 Å². The lowest BCUT2D eigenvalue weighted by Gasteiger charge is -2.07. The Morgan fingerprint density at radius 1 is 1.27 bits per heavy atom. The van der Waals surface area contributed by atoms with E-state index < -0.39 is 5.91 Å². The summed E-state index contributed by atoms with van der Waals surface area (Å²) >= 11 is 6.02. The molecule has 4 rings (SSSR count). The van der Waals surface area contributed by atoms with Crippen LogP contribution in [0.1, 0.15) is 21.5 Å². The van der Waals surface area contributed by atoms with Crippen molar-refractivity contribution in [1.29, 1.82) is 5.26 Å². The molecule has 0 unspecified atom stereocenters. The summed E-state index contributed by atoms with van der Waals surface area (Å²) in [6.07, 6.45) is 4.79. The third-order valence-electron chi connectivity index (χ3n) is 4.21. The van der Waals surface area contributed by atoms with Crippen LogP contribution < -0.4 is 5.73 Å². The Balaban J connectivity index is 1.85. The van der Waals surface area contributed by atoms with Gasteiger partial charge in [0.15, 0.2) is 0 Å². The molecule has 26 heavy (non-hydrogen) atoms. The molecule has 0 aliphatic heterocycles. The molecular weight excluding hydrogens is 350 g/mol. The zero-order valence-electron chi connectivity index (χ0n) is 13.5. The average molecular weight is 362 g/mol. The van der Waals surface area contributed by atoms with E-state index in [1.807, 2.05) is 28.8 Å². The molecule has 0 atom stereocenters. The second-order valence-corrected chi connectivity index (χ2v) is 6.32. The summed E-state index contributed by atoms with van der Waals surface area (Å²) in [6.45, 7) is 0.466. The van der Waals surface area contributed by atoms with Gasteiger partial charge in [0.05, 0.1) is 27.7 Å². The van der Waals surface area contributed by atoms with Crippen LogP contribution in [0.4, 0.5) is 0 Å². The predicted octanol–water partition coefficient (Wildman–Crippen LogP) is 3.26. The topological polar surface area (TPSA) is 97.6 Å². The van der Waals surface area contributed by atoms with Gasteiger partial charge in [-0.3, -0.25) is 9.78 Å². The minimum absolute atomic E-state index is 0.287. The molecule has 0 spiro atoms. The molecule has 1 amide bonds. The molecular formula is C19H12ClN5O. The van der Waals surface area contributed by atoms with Crippen molar-refractivity contribution in [3.8, 4) is 6.07 Å². The molecule has 0 radical (unpaired) electrons. The Morgan fingerprint density at radius 3 is 2.88 bits per heavy atom. The number of amides is 1. The lowest BCUT2D eigenvalue weighted by molar-refractivity contribution is 0.100. The van der Waals surface area contributed by atoms with E-state index in [0.29, 0.717) is 28.2 Å². The van der Waals surface area contributed by atoms with Crippen molar-refractivity contribution in [3.63, 3.8) is 0 Å². The number of pyridine rings is 2. The number of hydrogen-bond donors (Lipinski definition) is 1. The van der Waals surface area contributed by atoms with Gasteiger partial charge in [-0.25, -0.2) is 4.98 Å². The van der Waals surface area contributed by atoms with Gasteiger partial charge in [0.1, 0.15) is 5.65 Å². The van der Waals surface area contributed by atoms with Crippen molar-refractivity contribution in [2.45, 2.75) is 6.54 Å². The minimum Gasteiger partial charge on any atom is -0.366 e. The third-order valence-corrected chi connectivity index (χ3v) is 4.42. The van der Waals surface area contributed by atoms with Gasteiger partial charge in [0.25, 0.3) is 5.91 Å². The highest BCUT2D eigenvalue weighted by Gasteiger charge is 2.17. The molecule has 1 aromatic carbocycles. The van der Waals surface area contributed by atoms with Gasteiger partial charge >= 0.3 is 0 Å². The largest absolute Gasteiger partial charge is 0.366 e. The van der Waals surface area contributed by atoms with Crippen LogP contribution in [0.2, 0.25) is 5.02 Å². The number of nitrogens with two attached hydrogens (primary N) is 1. The minimum atomic E-state index is -0.590. The maximum absolute atomic E-state index is 11.8. The summed E-state index contributed by atoms with van der Waals surface area (Å²) in [5.74, 6) is -0.590. The third kappa shape index (κ3) is 2.65. The fourth-order valence-corrected chi connectivity index (χ4v) is 3.23. The zero-order valence-corrected chi connectivity index (χ0v) is 14.2. The van der Waals surface area contributed by atoms with Crippen molar-refractivity contribution >= 4 is 39.4 Å². The standard InChI is InChI=1S/C19H12ClN5O/c20-14-6-13-5-11(1-2-16(13)24-8-14)9-25-10-15(18(22)26)17-12(7-21)3-4-23-19(17)25/h1-6,8,10H,9H2,(H2,22,26). The normalized spacial score (nSPS) is 10.9. The molecule has 0 fully saturated rings. The molecule has 3 heterocycles. The number of nitriles is 1. The Bertz CT molecular complexity index is 1220. The molecule has 126 valence electrons. The van der Waals surface area contributed by atoms with Gasteiger partial charge in [0.2, 0.25) is 0 Å². The smallest absolute Gasteiger partial charge is 0.250 e. The van der Waals surface area contributed by atoms with E-state index in [0.717, 1.165) is 16.5 Å². The van der Waals surface area contributed by atoms with E-state index in [-0.39, 0.29) is 5.56 Å². The summed E-state index contributed by atoms with van der Waals surface area (Å²) in [7, 11) is 0. The van der Waals surface area contributed by atoms with E-state index in [9.17, 15) is 10.1 Å². The van der Waals surface area contributed by atoms with E-state index in [1.54, 1.807) is 24.7 Å². The van der Waals surface area contributed by atoms with Crippen molar-refractivity contribution < 1.29 is 4.79 Å². The van der Waals surface area contributed by atoms with Crippen LogP contribution in [0.3, 0.4) is 0 Å². The van der Waals surface area contributed by atoms with Gasteiger partial charge in [0, 0.05) is 35.9 Å². The summed E-state index contributed by atoms with van der Waals surface area (Å²) in [6, 6.07) is 11.4. The lowest BCUT2D eigenvalue weighted by atomic mass is 10.1. The SMILES string of the molecule is N#Cc1ccnc2c1c(C(N)=O)cn2Cc1ccc2ncc(Cl)cc2c1. The molecule has 6 nitrogen and oxygen atoms in total. The number of rotatable bonds is 3. The number of halogens is 1. The molecule has 0 saturated heterocycles. The summed E-state index contributed by atoms with van der Waals surface area (Å²) in [5, 5.41) is 11.3. The van der Waals surface area contributed by atoms with E-state index >= 15 is 0 Å². The highest BCUT2D eigenvalue weighted by Crippen LogP contribution is 2.25. The first-order chi connectivity index (χ1) is 12.6. The summed E-state index contributed by atoms with van der Waals surface area (Å²) in [5.41, 5.74) is 8.52. The van der Waals surface area contributed by atoms with Crippen LogP contribution in [-0.4, -0.2) is 20.4 Å². The number of hydrogen-bond acceptors (Lipinski definition) is 4. The summed E-state index contributed by atoms with van der Waals surface area (Å²) < 4.78 is 1.81. The molecule has 0 aliphatic rings. The fourth-order valence-electron chi connectivity index (χ4n) is 3.07. The highest BCUT2D eigenvalue weighted by atomic mass is 35.5. The Hall–Kier alpha value is -3.43. The van der Waals surface area contributed by atoms with Crippen molar-refractivity contribution in [1.82, 2.24) is 14.5 Å². The Labute approximate surface area is 153 Å². The van der Waals surface area contributed by atoms with Gasteiger partial charge in [-0.15, -0.1) is 0 Å². The molecule has 7 heteroatoms. The van der Waals surface area contributed by atoms with E-state index in [2.05, 4.69) is 16.0 Å². The first kappa shape index (κ1) is 16.1. The lowest BCUT2D eigenvalue weighted by Crippen LogP contribution is -2.10. The maximum Gasteiger partial charge on any atom is 0.250 e. The number of nitrogens with zero attached hydrogens (tertiary/aromatic N) is 4. The van der Waals surface area contributed by atoms with Crippen LogP contribution in [0, 0.1) is 11.3 Å². The van der Waals surface area contributed by atoms with Crippen LogP contribution in [0.5, 0.6) is 0 Å². The number of carbonyl (C=O) groups is 1. The number of carbonyl (C=O) groups excluding carboxylic acids is 1. The second-order valence-electron chi connectivity index (χ2n) is 5.88. The van der Waals surface area contributed by atoms with Gasteiger partial charge in [-0.1, -0.05) is 17.7 Å². The van der Waals surface area contributed by atoms with Crippen molar-refractivity contribution in [2.75, 3.05) is 0 Å². The number of benzene rings is 1. The van der Waals surface area contributed by atoms with Gasteiger partial charge in [-0.05, 0) is 29.8 Å². The monoisotopic (exact) mass is 361 g/mol.